The summed E-state index contributed by atoms with van der Waals surface area (Å²) in [5, 5.41) is 0. The van der Waals surface area contributed by atoms with Crippen molar-refractivity contribution in [2.45, 2.75) is 104 Å². The van der Waals surface area contributed by atoms with Gasteiger partial charge in [-0.15, -0.1) is 0 Å². The smallest absolute Gasteiger partial charge is 0.334 e. The van der Waals surface area contributed by atoms with Gasteiger partial charge in [0.2, 0.25) is 0 Å². The number of carbonyl (C=O) groups is 5. The normalized spacial score (nSPS) is 21.4. The van der Waals surface area contributed by atoms with Gasteiger partial charge in [-0.2, -0.15) is 0 Å². The summed E-state index contributed by atoms with van der Waals surface area (Å²) in [6.45, 7) is 12.2. The molecule has 2 amide bonds. The average Bonchev–Trinajstić information content (AvgIpc) is 3.90. The van der Waals surface area contributed by atoms with Crippen molar-refractivity contribution in [1.29, 1.82) is 0 Å². The molecule has 59 heavy (non-hydrogen) atoms. The minimum Gasteiger partial charge on any atom is -0.469 e. The molecular weight excluding hydrogens is 751 g/mol. The van der Waals surface area contributed by atoms with Crippen molar-refractivity contribution >= 4 is 57.5 Å². The molecule has 310 valence electrons. The van der Waals surface area contributed by atoms with Crippen molar-refractivity contribution < 1.29 is 38.2 Å². The molecule has 0 spiro atoms. The first-order valence-corrected chi connectivity index (χ1v) is 20.5. The number of aromatic nitrogens is 4. The monoisotopic (exact) mass is 803 g/mol. The van der Waals surface area contributed by atoms with Crippen LogP contribution in [0.2, 0.25) is 0 Å². The molecule has 5 aliphatic rings. The second-order valence-corrected chi connectivity index (χ2v) is 16.1. The highest BCUT2D eigenvalue weighted by molar-refractivity contribution is 6.23. The van der Waals surface area contributed by atoms with Crippen molar-refractivity contribution in [2.24, 2.45) is 5.92 Å². The standard InChI is InChI=1S/C46H53N5O8/c1-10-12-13-14-19-51-42(53)37-25(5)32-21-34-29-17-15-28(44(55)58-8)39(45(56)59-9)46(29,6)35(48-34)22-33-26(11-2)23(3)30(47-33)20-31-24(4)27(16-18-36(52)57-7)40(49-31)38(43(51)54)41(37)50-32/h15,17,20-22,24,27,39,49-50H,10-14,16,18-19H2,1-9H3/t24-,27-,39?,46?/m0/s1. The number of H-pyrrole nitrogens is 2. The Hall–Kier alpha value is -5.85. The van der Waals surface area contributed by atoms with Gasteiger partial charge in [-0.05, 0) is 80.5 Å². The molecule has 0 fully saturated rings. The fraction of sp³-hybridized carbons (Fsp3) is 0.457. The molecule has 4 atom stereocenters. The average molecular weight is 804 g/mol. The summed E-state index contributed by atoms with van der Waals surface area (Å²) in [6.07, 6.45) is 8.08. The summed E-state index contributed by atoms with van der Waals surface area (Å²) >= 11 is 0. The molecule has 4 aliphatic heterocycles. The quantitative estimate of drug-likeness (QED) is 0.0983. The summed E-state index contributed by atoms with van der Waals surface area (Å²) < 4.78 is 15.5. The van der Waals surface area contributed by atoms with Crippen molar-refractivity contribution in [3.8, 4) is 0 Å². The number of methoxy groups -OCH3 is 3. The Balaban J connectivity index is 1.61. The Bertz CT molecular complexity index is 2470. The largest absolute Gasteiger partial charge is 0.469 e. The van der Waals surface area contributed by atoms with E-state index in [-0.39, 0.29) is 42.3 Å². The number of amides is 2. The van der Waals surface area contributed by atoms with Crippen LogP contribution in [0.25, 0.3) is 27.8 Å². The van der Waals surface area contributed by atoms with Crippen LogP contribution in [0.3, 0.4) is 0 Å². The van der Waals surface area contributed by atoms with Crippen molar-refractivity contribution in [2.75, 3.05) is 27.9 Å². The summed E-state index contributed by atoms with van der Waals surface area (Å²) in [4.78, 5) is 87.9. The lowest BCUT2D eigenvalue weighted by atomic mass is 9.64. The number of hydrogen-bond acceptors (Lipinski definition) is 10. The molecule has 8 bridgehead atoms. The second-order valence-electron chi connectivity index (χ2n) is 16.1. The molecule has 0 aromatic carbocycles. The third-order valence-corrected chi connectivity index (χ3v) is 13.0. The number of nitrogens with zero attached hydrogens (tertiary/aromatic N) is 3. The van der Waals surface area contributed by atoms with Gasteiger partial charge in [-0.3, -0.25) is 29.1 Å². The molecule has 0 saturated carbocycles. The number of unbranched alkanes of at least 4 members (excludes halogenated alkanes) is 3. The molecule has 2 N–H and O–H groups in total. The SMILES string of the molecule is CCCCCCN1C(=O)c2c3[nH]c(cc4nc(cc5nc(cc6[nH]c2c(c6C)C1=O)C1=CC=C(C(=O)OC)C(C(=O)OC)C15C)C(CC)=C4C)[C@@H](C)[C@@H]3CCC(=O)OC. The number of rotatable bonds is 11. The Morgan fingerprint density at radius 3 is 2.29 bits per heavy atom. The van der Waals surface area contributed by atoms with Gasteiger partial charge < -0.3 is 24.2 Å². The minimum atomic E-state index is -1.20. The van der Waals surface area contributed by atoms with Crippen LogP contribution in [-0.4, -0.2) is 82.4 Å². The summed E-state index contributed by atoms with van der Waals surface area (Å²) in [7, 11) is 3.93. The maximum atomic E-state index is 14.9. The maximum absolute atomic E-state index is 14.9. The Morgan fingerprint density at radius 2 is 1.61 bits per heavy atom. The lowest BCUT2D eigenvalue weighted by Gasteiger charge is -2.36. The topological polar surface area (TPSA) is 174 Å². The first-order chi connectivity index (χ1) is 28.2. The van der Waals surface area contributed by atoms with Gasteiger partial charge in [0.15, 0.2) is 0 Å². The molecule has 13 heteroatoms. The van der Waals surface area contributed by atoms with Gasteiger partial charge >= 0.3 is 17.9 Å². The van der Waals surface area contributed by atoms with Gasteiger partial charge in [0.25, 0.3) is 11.8 Å². The lowest BCUT2D eigenvalue weighted by Crippen LogP contribution is -2.42. The van der Waals surface area contributed by atoms with Crippen LogP contribution in [0.15, 0.2) is 35.9 Å². The number of aryl methyl sites for hydroxylation is 1. The zero-order chi connectivity index (χ0) is 42.5. The highest BCUT2D eigenvalue weighted by Crippen LogP contribution is 2.53. The number of aromatic amines is 2. The van der Waals surface area contributed by atoms with E-state index in [4.69, 9.17) is 24.2 Å². The van der Waals surface area contributed by atoms with Crippen LogP contribution in [0, 0.1) is 12.8 Å². The minimum absolute atomic E-state index is 0.135. The fourth-order valence-electron chi connectivity index (χ4n) is 9.52. The molecule has 2 aromatic heterocycles. The summed E-state index contributed by atoms with van der Waals surface area (Å²) in [5.74, 6) is -4.00. The number of hydrogen-bond donors (Lipinski definition) is 2. The third kappa shape index (κ3) is 6.68. The number of esters is 3. The van der Waals surface area contributed by atoms with Crippen molar-refractivity contribution in [3.05, 3.63) is 86.8 Å². The third-order valence-electron chi connectivity index (χ3n) is 13.0. The van der Waals surface area contributed by atoms with E-state index in [9.17, 15) is 24.0 Å². The molecule has 0 saturated heterocycles. The predicted octanol–water partition coefficient (Wildman–Crippen LogP) is 7.95. The van der Waals surface area contributed by atoms with E-state index < -0.39 is 29.2 Å². The first-order valence-electron chi connectivity index (χ1n) is 20.5. The number of fused-ring (bicyclic) bond motifs is 11. The van der Waals surface area contributed by atoms with Crippen LogP contribution < -0.4 is 0 Å². The number of allylic oxidation sites excluding steroid dienone is 5. The van der Waals surface area contributed by atoms with Crippen molar-refractivity contribution in [1.82, 2.24) is 24.8 Å². The summed E-state index contributed by atoms with van der Waals surface area (Å²) in [5.41, 5.74) is 7.69. The second kappa shape index (κ2) is 16.1. The van der Waals surface area contributed by atoms with E-state index in [2.05, 4.69) is 30.7 Å². The number of nitrogens with one attached hydrogen (secondary N) is 2. The molecule has 2 unspecified atom stereocenters. The Morgan fingerprint density at radius 1 is 0.864 bits per heavy atom. The van der Waals surface area contributed by atoms with Crippen LogP contribution in [-0.2, 0) is 34.0 Å². The van der Waals surface area contributed by atoms with Gasteiger partial charge in [-0.25, -0.2) is 9.78 Å². The molecular formula is C46H53N5O8. The van der Waals surface area contributed by atoms with Gasteiger partial charge in [-0.1, -0.05) is 52.2 Å². The Labute approximate surface area is 344 Å². The molecule has 13 nitrogen and oxygen atoms in total. The van der Waals surface area contributed by atoms with E-state index >= 15 is 0 Å². The first kappa shape index (κ1) is 41.3. The van der Waals surface area contributed by atoms with Gasteiger partial charge in [0.1, 0.15) is 5.92 Å². The Kier molecular flexibility index (Phi) is 11.3. The van der Waals surface area contributed by atoms with Crippen LogP contribution in [0.4, 0.5) is 0 Å². The maximum Gasteiger partial charge on any atom is 0.334 e. The van der Waals surface area contributed by atoms with E-state index in [0.29, 0.717) is 81.0 Å². The molecule has 1 aliphatic carbocycles. The van der Waals surface area contributed by atoms with Crippen LogP contribution in [0.5, 0.6) is 0 Å². The molecule has 7 rings (SSSR count). The van der Waals surface area contributed by atoms with E-state index in [1.54, 1.807) is 12.2 Å². The lowest BCUT2D eigenvalue weighted by molar-refractivity contribution is -0.149. The zero-order valence-electron chi connectivity index (χ0n) is 35.4. The van der Waals surface area contributed by atoms with Gasteiger partial charge in [0, 0.05) is 41.7 Å². The van der Waals surface area contributed by atoms with Gasteiger partial charge in [0.05, 0.1) is 71.7 Å². The molecule has 2 aromatic rings. The number of imide groups is 1. The fourth-order valence-corrected chi connectivity index (χ4v) is 9.52. The van der Waals surface area contributed by atoms with Crippen LogP contribution in [0.1, 0.15) is 152 Å². The predicted molar refractivity (Wildman–Crippen MR) is 223 cm³/mol. The zero-order valence-corrected chi connectivity index (χ0v) is 35.4. The van der Waals surface area contributed by atoms with E-state index in [1.807, 2.05) is 39.0 Å². The molecule has 6 heterocycles. The highest BCUT2D eigenvalue weighted by Gasteiger charge is 2.54. The van der Waals surface area contributed by atoms with E-state index in [1.165, 1.54) is 26.2 Å². The summed E-state index contributed by atoms with van der Waals surface area (Å²) in [6, 6.07) is 5.73. The van der Waals surface area contributed by atoms with Crippen LogP contribution >= 0.6 is 0 Å². The number of ether oxygens (including phenoxy) is 3. The van der Waals surface area contributed by atoms with E-state index in [0.717, 1.165) is 36.1 Å². The highest BCUT2D eigenvalue weighted by atomic mass is 16.5. The number of carbonyl (C=O) groups excluding carboxylic acids is 5. The molecule has 0 radical (unpaired) electrons. The van der Waals surface area contributed by atoms with Crippen molar-refractivity contribution in [3.63, 3.8) is 0 Å².